The molecule has 0 atom stereocenters. The van der Waals surface area contributed by atoms with Crippen molar-refractivity contribution in [1.29, 1.82) is 0 Å². The normalized spacial score (nSPS) is 10.9. The molecule has 0 bridgehead atoms. The lowest BCUT2D eigenvalue weighted by Gasteiger charge is -2.18. The molecule has 0 radical (unpaired) electrons. The van der Waals surface area contributed by atoms with E-state index in [1.807, 2.05) is 36.4 Å². The van der Waals surface area contributed by atoms with Crippen LogP contribution in [-0.2, 0) is 0 Å². The van der Waals surface area contributed by atoms with Crippen LogP contribution in [0.4, 0.5) is 0 Å². The summed E-state index contributed by atoms with van der Waals surface area (Å²) in [5.74, 6) is 0.273. The average molecular weight is 477 g/mol. The van der Waals surface area contributed by atoms with Gasteiger partial charge in [-0.05, 0) is 59.9 Å². The largest absolute Gasteiger partial charge is 0.296 e. The van der Waals surface area contributed by atoms with Gasteiger partial charge in [0.25, 0.3) is 0 Å². The first kappa shape index (κ1) is 28.1. The molecular weight excluding hydrogens is 443 g/mol. The van der Waals surface area contributed by atoms with E-state index in [-0.39, 0.29) is 36.4 Å². The molecule has 0 aromatic heterocycles. The third-order valence-corrected chi connectivity index (χ3v) is 6.00. The number of rotatable bonds is 10. The van der Waals surface area contributed by atoms with E-state index >= 15 is 0 Å². The van der Waals surface area contributed by atoms with E-state index in [1.165, 1.54) is 0 Å². The standard InChI is InChI=1S/C26H32N2O2.2ClH/c1-5-27(6-2)17-25(29)21-13-9-11-19-16-24-20(15-23(19)21)12-10-14-22(24)26(30)18-28(7-3)8-4;;/h9-16H,5-8,17-18H2,1-4H3;2*1H. The Labute approximate surface area is 203 Å². The van der Waals surface area contributed by atoms with E-state index in [4.69, 9.17) is 0 Å². The summed E-state index contributed by atoms with van der Waals surface area (Å²) >= 11 is 0. The van der Waals surface area contributed by atoms with Crippen molar-refractivity contribution in [1.82, 2.24) is 9.80 Å². The lowest BCUT2D eigenvalue weighted by Crippen LogP contribution is -2.29. The summed E-state index contributed by atoms with van der Waals surface area (Å²) in [7, 11) is 0. The van der Waals surface area contributed by atoms with Crippen LogP contribution in [0.5, 0.6) is 0 Å². The van der Waals surface area contributed by atoms with Gasteiger partial charge in [-0.1, -0.05) is 64.1 Å². The number of nitrogens with zero attached hydrogens (tertiary/aromatic N) is 2. The van der Waals surface area contributed by atoms with E-state index in [1.54, 1.807) is 0 Å². The van der Waals surface area contributed by atoms with Gasteiger partial charge in [0.2, 0.25) is 0 Å². The maximum Gasteiger partial charge on any atom is 0.177 e. The lowest BCUT2D eigenvalue weighted by molar-refractivity contribution is 0.0931. The molecular formula is C26H34Cl2N2O2. The highest BCUT2D eigenvalue weighted by atomic mass is 35.5. The molecule has 0 aliphatic heterocycles. The third kappa shape index (κ3) is 6.08. The molecule has 0 fully saturated rings. The summed E-state index contributed by atoms with van der Waals surface area (Å²) in [4.78, 5) is 30.2. The monoisotopic (exact) mass is 476 g/mol. The second-order valence-electron chi connectivity index (χ2n) is 7.67. The number of Topliss-reactive ketones (excluding diaryl/α,β-unsaturated/α-hetero) is 2. The number of halogens is 2. The molecule has 174 valence electrons. The number of ketones is 2. The van der Waals surface area contributed by atoms with Gasteiger partial charge in [0.05, 0.1) is 13.1 Å². The van der Waals surface area contributed by atoms with E-state index < -0.39 is 0 Å². The van der Waals surface area contributed by atoms with Crippen LogP contribution in [0.25, 0.3) is 21.5 Å². The van der Waals surface area contributed by atoms with Crippen LogP contribution in [0.3, 0.4) is 0 Å². The van der Waals surface area contributed by atoms with Crippen LogP contribution in [0, 0.1) is 0 Å². The molecule has 3 aromatic rings. The zero-order valence-electron chi connectivity index (χ0n) is 19.4. The highest BCUT2D eigenvalue weighted by Crippen LogP contribution is 2.28. The molecule has 0 saturated heterocycles. The fourth-order valence-corrected chi connectivity index (χ4v) is 4.01. The van der Waals surface area contributed by atoms with Crippen LogP contribution >= 0.6 is 24.8 Å². The molecule has 3 rings (SSSR count). The summed E-state index contributed by atoms with van der Waals surface area (Å²) in [5.41, 5.74) is 1.50. The minimum absolute atomic E-state index is 0. The Hall–Kier alpha value is -1.98. The van der Waals surface area contributed by atoms with Crippen LogP contribution in [0.1, 0.15) is 48.4 Å². The third-order valence-electron chi connectivity index (χ3n) is 6.00. The van der Waals surface area contributed by atoms with Gasteiger partial charge >= 0.3 is 0 Å². The topological polar surface area (TPSA) is 40.6 Å². The highest BCUT2D eigenvalue weighted by Gasteiger charge is 2.16. The van der Waals surface area contributed by atoms with E-state index in [0.717, 1.165) is 58.9 Å². The van der Waals surface area contributed by atoms with Crippen molar-refractivity contribution in [2.75, 3.05) is 39.3 Å². The van der Waals surface area contributed by atoms with E-state index in [9.17, 15) is 9.59 Å². The number of carbonyl (C=O) groups is 2. The van der Waals surface area contributed by atoms with E-state index in [0.29, 0.717) is 13.1 Å². The second-order valence-corrected chi connectivity index (χ2v) is 7.67. The fraction of sp³-hybridized carbons (Fsp3) is 0.385. The summed E-state index contributed by atoms with van der Waals surface area (Å²) in [5, 5.41) is 3.90. The maximum atomic E-state index is 13.0. The number of fused-ring (bicyclic) bond motifs is 2. The van der Waals surface area contributed by atoms with Gasteiger partial charge in [0.15, 0.2) is 11.6 Å². The van der Waals surface area contributed by atoms with Gasteiger partial charge in [0.1, 0.15) is 0 Å². The molecule has 0 aliphatic rings. The summed E-state index contributed by atoms with van der Waals surface area (Å²) in [6, 6.07) is 15.9. The first-order chi connectivity index (χ1) is 14.5. The zero-order valence-corrected chi connectivity index (χ0v) is 21.0. The van der Waals surface area contributed by atoms with Crippen molar-refractivity contribution >= 4 is 57.9 Å². The van der Waals surface area contributed by atoms with Gasteiger partial charge in [-0.3, -0.25) is 19.4 Å². The lowest BCUT2D eigenvalue weighted by atomic mass is 9.94. The van der Waals surface area contributed by atoms with Crippen LogP contribution in [0.2, 0.25) is 0 Å². The molecule has 6 heteroatoms. The Balaban J connectivity index is 0.00000256. The first-order valence-corrected chi connectivity index (χ1v) is 11.0. The predicted molar refractivity (Wildman–Crippen MR) is 140 cm³/mol. The molecule has 0 unspecified atom stereocenters. The molecule has 4 nitrogen and oxygen atoms in total. The van der Waals surface area contributed by atoms with Crippen molar-refractivity contribution in [3.8, 4) is 0 Å². The van der Waals surface area contributed by atoms with Crippen molar-refractivity contribution < 1.29 is 9.59 Å². The minimum Gasteiger partial charge on any atom is -0.296 e. The molecule has 0 amide bonds. The van der Waals surface area contributed by atoms with Crippen LogP contribution in [-0.4, -0.2) is 60.6 Å². The smallest absolute Gasteiger partial charge is 0.177 e. The minimum atomic E-state index is 0. The Bertz CT molecular complexity index is 975. The molecule has 0 saturated carbocycles. The van der Waals surface area contributed by atoms with E-state index in [2.05, 4.69) is 49.6 Å². The van der Waals surface area contributed by atoms with Gasteiger partial charge in [-0.25, -0.2) is 0 Å². The fourth-order valence-electron chi connectivity index (χ4n) is 4.01. The SMILES string of the molecule is CCN(CC)CC(=O)c1cccc2cc3c(C(=O)CN(CC)CC)cccc3cc12.Cl.Cl. The van der Waals surface area contributed by atoms with Gasteiger partial charge < -0.3 is 0 Å². The quantitative estimate of drug-likeness (QED) is 0.270. The summed E-state index contributed by atoms with van der Waals surface area (Å²) < 4.78 is 0. The average Bonchev–Trinajstić information content (AvgIpc) is 2.78. The van der Waals surface area contributed by atoms with Gasteiger partial charge in [-0.15, -0.1) is 24.8 Å². The maximum absolute atomic E-state index is 13.0. The van der Waals surface area contributed by atoms with Gasteiger partial charge in [0, 0.05) is 11.1 Å². The van der Waals surface area contributed by atoms with Crippen molar-refractivity contribution in [3.63, 3.8) is 0 Å². The van der Waals surface area contributed by atoms with Gasteiger partial charge in [-0.2, -0.15) is 0 Å². The second kappa shape index (κ2) is 12.9. The molecule has 0 N–H and O–H groups in total. The van der Waals surface area contributed by atoms with Crippen molar-refractivity contribution in [2.45, 2.75) is 27.7 Å². The number of hydrogen-bond acceptors (Lipinski definition) is 4. The summed E-state index contributed by atoms with van der Waals surface area (Å²) in [6.45, 7) is 12.6. The molecule has 0 heterocycles. The van der Waals surface area contributed by atoms with Crippen LogP contribution in [0.15, 0.2) is 48.5 Å². The number of likely N-dealkylation sites (N-methyl/N-ethyl adjacent to an activating group) is 2. The Kier molecular flexibility index (Phi) is 11.3. The van der Waals surface area contributed by atoms with Crippen molar-refractivity contribution in [3.05, 3.63) is 59.7 Å². The van der Waals surface area contributed by atoms with Crippen molar-refractivity contribution in [2.24, 2.45) is 0 Å². The molecule has 3 aromatic carbocycles. The Morgan fingerprint density at radius 3 is 1.28 bits per heavy atom. The molecule has 32 heavy (non-hydrogen) atoms. The highest BCUT2D eigenvalue weighted by molar-refractivity contribution is 6.16. The van der Waals surface area contributed by atoms with Crippen LogP contribution < -0.4 is 0 Å². The first-order valence-electron chi connectivity index (χ1n) is 11.0. The number of benzene rings is 3. The zero-order chi connectivity index (χ0) is 21.7. The Morgan fingerprint density at radius 1 is 0.625 bits per heavy atom. The Morgan fingerprint density at radius 2 is 0.969 bits per heavy atom. The predicted octanol–water partition coefficient (Wildman–Crippen LogP) is 5.89. The molecule has 0 spiro atoms. The molecule has 0 aliphatic carbocycles. The number of carbonyl (C=O) groups excluding carboxylic acids is 2. The number of hydrogen-bond donors (Lipinski definition) is 0. The summed E-state index contributed by atoms with van der Waals surface area (Å²) in [6.07, 6.45) is 0.